The number of carboxylic acids is 3. The molecule has 0 saturated carbocycles. The van der Waals surface area contributed by atoms with Crippen molar-refractivity contribution < 1.29 is 34.2 Å². The standard InChI is InChI=1S/C24H45NO6/c1-5-9-10-11-12-13-14-18-25(19(15-6-2)22(26)27,20(16-7-3)23(28)29)21(17-8-4)24(30)31/h19-21H,5-18H2,1-4H3,(H2-,26,27,28,29,30,31)/p+1. The van der Waals surface area contributed by atoms with Crippen molar-refractivity contribution in [1.82, 2.24) is 0 Å². The van der Waals surface area contributed by atoms with Crippen LogP contribution in [0, 0.1) is 0 Å². The fourth-order valence-electron chi connectivity index (χ4n) is 4.99. The Morgan fingerprint density at radius 3 is 1.16 bits per heavy atom. The molecule has 0 heterocycles. The van der Waals surface area contributed by atoms with E-state index in [0.29, 0.717) is 25.7 Å². The van der Waals surface area contributed by atoms with Crippen LogP contribution in [0.2, 0.25) is 0 Å². The molecule has 0 saturated heterocycles. The molecule has 0 rings (SSSR count). The van der Waals surface area contributed by atoms with Crippen LogP contribution in [-0.4, -0.2) is 62.4 Å². The zero-order valence-corrected chi connectivity index (χ0v) is 20.1. The predicted octanol–water partition coefficient (Wildman–Crippen LogP) is 5.31. The number of rotatable bonds is 20. The maximum Gasteiger partial charge on any atom is 0.362 e. The Morgan fingerprint density at radius 1 is 0.548 bits per heavy atom. The van der Waals surface area contributed by atoms with Crippen molar-refractivity contribution in [3.63, 3.8) is 0 Å². The third-order valence-electron chi connectivity index (χ3n) is 6.43. The van der Waals surface area contributed by atoms with E-state index in [9.17, 15) is 29.7 Å². The summed E-state index contributed by atoms with van der Waals surface area (Å²) < 4.78 is -0.371. The SMILES string of the molecule is CCCCCCCCC[N+](C(CCC)C(=O)O)(C(CCC)C(=O)O)C(CCC)C(=O)O. The summed E-state index contributed by atoms with van der Waals surface area (Å²) in [6, 6.07) is -3.11. The highest BCUT2D eigenvalue weighted by Crippen LogP contribution is 2.34. The molecule has 31 heavy (non-hydrogen) atoms. The zero-order chi connectivity index (χ0) is 23.9. The number of carboxylic acid groups (broad SMARTS) is 3. The summed E-state index contributed by atoms with van der Waals surface area (Å²) >= 11 is 0. The molecule has 0 aromatic rings. The van der Waals surface area contributed by atoms with Gasteiger partial charge in [-0.15, -0.1) is 0 Å². The van der Waals surface area contributed by atoms with Crippen LogP contribution < -0.4 is 0 Å². The highest BCUT2D eigenvalue weighted by molar-refractivity contribution is 5.78. The van der Waals surface area contributed by atoms with E-state index in [1.165, 1.54) is 6.42 Å². The van der Waals surface area contributed by atoms with E-state index in [0.717, 1.165) is 32.1 Å². The van der Waals surface area contributed by atoms with Gasteiger partial charge in [0.15, 0.2) is 18.1 Å². The first-order valence-electron chi connectivity index (χ1n) is 12.3. The summed E-state index contributed by atoms with van der Waals surface area (Å²) in [6.45, 7) is 8.03. The van der Waals surface area contributed by atoms with Crippen LogP contribution in [0.15, 0.2) is 0 Å². The fraction of sp³-hybridized carbons (Fsp3) is 0.875. The molecule has 182 valence electrons. The molecule has 0 aliphatic rings. The molecule has 3 unspecified atom stereocenters. The van der Waals surface area contributed by atoms with Crippen LogP contribution in [-0.2, 0) is 14.4 Å². The average Bonchev–Trinajstić information content (AvgIpc) is 2.71. The molecule has 0 aromatic carbocycles. The van der Waals surface area contributed by atoms with Crippen LogP contribution in [0.4, 0.5) is 0 Å². The van der Waals surface area contributed by atoms with Crippen LogP contribution in [0.1, 0.15) is 111 Å². The minimum atomic E-state index is -1.09. The molecule has 0 amide bonds. The summed E-state index contributed by atoms with van der Waals surface area (Å²) in [5, 5.41) is 30.4. The van der Waals surface area contributed by atoms with Gasteiger partial charge in [0, 0.05) is 19.3 Å². The summed E-state index contributed by atoms with van der Waals surface area (Å²) in [4.78, 5) is 37.2. The second-order valence-corrected chi connectivity index (χ2v) is 8.77. The van der Waals surface area contributed by atoms with Crippen LogP contribution in [0.3, 0.4) is 0 Å². The van der Waals surface area contributed by atoms with Gasteiger partial charge in [-0.3, -0.25) is 4.48 Å². The average molecular weight is 445 g/mol. The molecule has 0 aromatic heterocycles. The number of hydrogen-bond donors (Lipinski definition) is 3. The van der Waals surface area contributed by atoms with Gasteiger partial charge in [0.05, 0.1) is 6.54 Å². The smallest absolute Gasteiger partial charge is 0.362 e. The van der Waals surface area contributed by atoms with Crippen molar-refractivity contribution in [1.29, 1.82) is 0 Å². The van der Waals surface area contributed by atoms with Gasteiger partial charge >= 0.3 is 17.9 Å². The van der Waals surface area contributed by atoms with Crippen molar-refractivity contribution in [2.24, 2.45) is 0 Å². The molecule has 0 aliphatic carbocycles. The van der Waals surface area contributed by atoms with E-state index in [2.05, 4.69) is 6.92 Å². The second kappa shape index (κ2) is 16.1. The number of aliphatic carboxylic acids is 3. The van der Waals surface area contributed by atoms with E-state index in [4.69, 9.17) is 0 Å². The lowest BCUT2D eigenvalue weighted by Crippen LogP contribution is -2.72. The van der Waals surface area contributed by atoms with Crippen molar-refractivity contribution in [2.75, 3.05) is 6.54 Å². The van der Waals surface area contributed by atoms with Gasteiger partial charge in [-0.1, -0.05) is 59.8 Å². The third kappa shape index (κ3) is 8.79. The fourth-order valence-corrected chi connectivity index (χ4v) is 4.99. The predicted molar refractivity (Wildman–Crippen MR) is 122 cm³/mol. The van der Waals surface area contributed by atoms with Gasteiger partial charge in [0.25, 0.3) is 0 Å². The maximum absolute atomic E-state index is 12.4. The van der Waals surface area contributed by atoms with Crippen LogP contribution in [0.5, 0.6) is 0 Å². The Balaban J connectivity index is 6.23. The maximum atomic E-state index is 12.4. The largest absolute Gasteiger partial charge is 0.477 e. The minimum Gasteiger partial charge on any atom is -0.477 e. The van der Waals surface area contributed by atoms with E-state index < -0.39 is 36.0 Å². The number of unbranched alkanes of at least 4 members (excludes halogenated alkanes) is 6. The van der Waals surface area contributed by atoms with Crippen molar-refractivity contribution in [3.8, 4) is 0 Å². The topological polar surface area (TPSA) is 112 Å². The van der Waals surface area contributed by atoms with Crippen molar-refractivity contribution in [2.45, 2.75) is 129 Å². The van der Waals surface area contributed by atoms with E-state index in [1.54, 1.807) is 0 Å². The summed E-state index contributed by atoms with van der Waals surface area (Å²) in [5.41, 5.74) is 0. The monoisotopic (exact) mass is 444 g/mol. The summed E-state index contributed by atoms with van der Waals surface area (Å²) in [6.07, 6.45) is 9.60. The normalized spacial score (nSPS) is 16.3. The first-order valence-corrected chi connectivity index (χ1v) is 12.3. The van der Waals surface area contributed by atoms with Gasteiger partial charge in [0.1, 0.15) is 0 Å². The highest BCUT2D eigenvalue weighted by Gasteiger charge is 2.56. The van der Waals surface area contributed by atoms with Crippen molar-refractivity contribution >= 4 is 17.9 Å². The highest BCUT2D eigenvalue weighted by atomic mass is 16.4. The Bertz CT molecular complexity index is 476. The third-order valence-corrected chi connectivity index (χ3v) is 6.43. The molecule has 0 spiro atoms. The lowest BCUT2D eigenvalue weighted by atomic mass is 9.91. The zero-order valence-electron chi connectivity index (χ0n) is 20.1. The number of carbonyl (C=O) groups is 3. The summed E-state index contributed by atoms with van der Waals surface area (Å²) in [7, 11) is 0. The molecule has 3 N–H and O–H groups in total. The summed E-state index contributed by atoms with van der Waals surface area (Å²) in [5.74, 6) is -3.27. The number of hydrogen-bond acceptors (Lipinski definition) is 3. The van der Waals surface area contributed by atoms with Gasteiger partial charge in [-0.2, -0.15) is 0 Å². The molecular formula is C24H46NO6+. The minimum absolute atomic E-state index is 0.271. The lowest BCUT2D eigenvalue weighted by molar-refractivity contribution is -0.973. The molecule has 7 nitrogen and oxygen atoms in total. The van der Waals surface area contributed by atoms with Crippen LogP contribution in [0.25, 0.3) is 0 Å². The van der Waals surface area contributed by atoms with Gasteiger partial charge in [-0.25, -0.2) is 14.4 Å². The van der Waals surface area contributed by atoms with E-state index in [-0.39, 0.29) is 30.3 Å². The Kier molecular flexibility index (Phi) is 15.2. The Labute approximate surface area is 188 Å². The van der Waals surface area contributed by atoms with E-state index >= 15 is 0 Å². The molecule has 0 radical (unpaired) electrons. The van der Waals surface area contributed by atoms with Crippen molar-refractivity contribution in [3.05, 3.63) is 0 Å². The van der Waals surface area contributed by atoms with Gasteiger partial charge < -0.3 is 15.3 Å². The molecule has 0 fully saturated rings. The molecule has 0 aliphatic heterocycles. The Morgan fingerprint density at radius 2 is 0.871 bits per heavy atom. The quantitative estimate of drug-likeness (QED) is 0.173. The number of quaternary nitrogens is 1. The van der Waals surface area contributed by atoms with Gasteiger partial charge in [-0.05, 0) is 32.1 Å². The Hall–Kier alpha value is -1.63. The first kappa shape index (κ1) is 29.4. The molecule has 7 heteroatoms. The molecule has 0 bridgehead atoms. The van der Waals surface area contributed by atoms with E-state index in [1.807, 2.05) is 20.8 Å². The second-order valence-electron chi connectivity index (χ2n) is 8.77. The number of nitrogens with zero attached hydrogens (tertiary/aromatic N) is 1. The lowest BCUT2D eigenvalue weighted by Gasteiger charge is -2.50. The molecular weight excluding hydrogens is 398 g/mol. The first-order chi connectivity index (χ1) is 14.7. The van der Waals surface area contributed by atoms with Crippen LogP contribution >= 0.6 is 0 Å². The molecule has 3 atom stereocenters. The van der Waals surface area contributed by atoms with Gasteiger partial charge in [0.2, 0.25) is 0 Å².